The molecule has 1 fully saturated rings. The van der Waals surface area contributed by atoms with Crippen LogP contribution in [0.25, 0.3) is 0 Å². The van der Waals surface area contributed by atoms with E-state index in [2.05, 4.69) is 22.8 Å². The molecule has 2 bridgehead atoms. The molecule has 0 spiro atoms. The Hall–Kier alpha value is -1.47. The Morgan fingerprint density at radius 1 is 1.50 bits per heavy atom. The van der Waals surface area contributed by atoms with Crippen LogP contribution in [0.4, 0.5) is 8.78 Å². The second kappa shape index (κ2) is 6.44. The quantitative estimate of drug-likeness (QED) is 0.834. The number of allylic oxidation sites excluding steroid dienone is 1. The van der Waals surface area contributed by atoms with Gasteiger partial charge in [0.25, 0.3) is 0 Å². The summed E-state index contributed by atoms with van der Waals surface area (Å²) in [6, 6.07) is 4.65. The minimum atomic E-state index is -4.28. The van der Waals surface area contributed by atoms with Gasteiger partial charge in [0.15, 0.2) is 0 Å². The van der Waals surface area contributed by atoms with Crippen molar-refractivity contribution in [2.45, 2.75) is 41.6 Å². The Bertz CT molecular complexity index is 698. The van der Waals surface area contributed by atoms with Gasteiger partial charge in [0.1, 0.15) is 5.75 Å². The Labute approximate surface area is 147 Å². The van der Waals surface area contributed by atoms with Crippen LogP contribution in [-0.2, 0) is 4.79 Å². The van der Waals surface area contributed by atoms with Crippen molar-refractivity contribution < 1.29 is 23.4 Å². The lowest BCUT2D eigenvalue weighted by Crippen LogP contribution is -2.35. The second-order valence-corrected chi connectivity index (χ2v) is 7.64. The summed E-state index contributed by atoms with van der Waals surface area (Å²) in [4.78, 5) is 13.5. The van der Waals surface area contributed by atoms with E-state index in [-0.39, 0.29) is 10.8 Å². The molecule has 8 heteroatoms. The normalized spacial score (nSPS) is 23.2. The third kappa shape index (κ3) is 3.47. The van der Waals surface area contributed by atoms with Crippen LogP contribution in [0, 0.1) is 0 Å². The topological polar surface area (TPSA) is 49.8 Å². The maximum atomic E-state index is 13.1. The van der Waals surface area contributed by atoms with Gasteiger partial charge in [-0.3, -0.25) is 0 Å². The standard InChI is InChI=1S/C16H16ClF2NO3S/c1-20-9-2-3-10(20)7-12(6-9)24-14-5-4-11(8-13(14)17)23-16(18,19)15(21)22/h2,4-5,8,10,12H,3,6-7H2,1H3,(H,21,22)/t10-,12+/m1/s1. The SMILES string of the molecule is CN1C2=CC[C@@H]1C[C@@H](Sc1ccc(OC(F)(F)C(=O)O)cc1Cl)C2. The number of carboxylic acids is 1. The minimum Gasteiger partial charge on any atom is -0.474 e. The molecule has 4 nitrogen and oxygen atoms in total. The molecule has 0 amide bonds. The lowest BCUT2D eigenvalue weighted by Gasteiger charge is -2.35. The van der Waals surface area contributed by atoms with Gasteiger partial charge in [-0.15, -0.1) is 11.8 Å². The number of hydrogen-bond donors (Lipinski definition) is 1. The summed E-state index contributed by atoms with van der Waals surface area (Å²) in [7, 11) is 2.10. The number of aliphatic carboxylic acids is 1. The van der Waals surface area contributed by atoms with Crippen molar-refractivity contribution in [3.63, 3.8) is 0 Å². The summed E-state index contributed by atoms with van der Waals surface area (Å²) in [5, 5.41) is 9.05. The Morgan fingerprint density at radius 3 is 2.88 bits per heavy atom. The third-order valence-corrected chi connectivity index (χ3v) is 6.02. The molecule has 0 radical (unpaired) electrons. The molecule has 1 aromatic rings. The van der Waals surface area contributed by atoms with E-state index in [4.69, 9.17) is 16.7 Å². The van der Waals surface area contributed by atoms with Crippen LogP contribution < -0.4 is 4.74 Å². The lowest BCUT2D eigenvalue weighted by molar-refractivity contribution is -0.210. The lowest BCUT2D eigenvalue weighted by atomic mass is 10.0. The van der Waals surface area contributed by atoms with E-state index in [0.717, 1.165) is 24.2 Å². The van der Waals surface area contributed by atoms with E-state index in [9.17, 15) is 13.6 Å². The number of benzene rings is 1. The van der Waals surface area contributed by atoms with Crippen molar-refractivity contribution in [1.82, 2.24) is 4.90 Å². The average Bonchev–Trinajstić information content (AvgIpc) is 2.72. The molecular weight excluding hydrogens is 360 g/mol. The first-order valence-corrected chi connectivity index (χ1v) is 8.70. The monoisotopic (exact) mass is 375 g/mol. The molecule has 0 aliphatic carbocycles. The van der Waals surface area contributed by atoms with Crippen molar-refractivity contribution in [2.24, 2.45) is 0 Å². The zero-order valence-corrected chi connectivity index (χ0v) is 14.4. The molecule has 0 saturated carbocycles. The van der Waals surface area contributed by atoms with Gasteiger partial charge in [-0.25, -0.2) is 4.79 Å². The van der Waals surface area contributed by atoms with Gasteiger partial charge in [0, 0.05) is 35.0 Å². The predicted octanol–water partition coefficient (Wildman–Crippen LogP) is 4.24. The highest BCUT2D eigenvalue weighted by Crippen LogP contribution is 2.43. The zero-order valence-electron chi connectivity index (χ0n) is 12.8. The molecule has 1 N–H and O–H groups in total. The molecule has 3 rings (SSSR count). The molecule has 1 saturated heterocycles. The van der Waals surface area contributed by atoms with Crippen molar-refractivity contribution in [1.29, 1.82) is 0 Å². The first-order valence-electron chi connectivity index (χ1n) is 7.44. The predicted molar refractivity (Wildman–Crippen MR) is 87.8 cm³/mol. The molecule has 130 valence electrons. The van der Waals surface area contributed by atoms with Crippen molar-refractivity contribution in [3.8, 4) is 5.75 Å². The molecule has 1 aromatic carbocycles. The van der Waals surface area contributed by atoms with Crippen LogP contribution >= 0.6 is 23.4 Å². The number of alkyl halides is 2. The minimum absolute atomic E-state index is 0.275. The summed E-state index contributed by atoms with van der Waals surface area (Å²) in [5.74, 6) is -2.62. The van der Waals surface area contributed by atoms with E-state index in [1.807, 2.05) is 0 Å². The third-order valence-electron chi connectivity index (χ3n) is 4.29. The van der Waals surface area contributed by atoms with Gasteiger partial charge in [0.2, 0.25) is 0 Å². The fourth-order valence-electron chi connectivity index (χ4n) is 3.01. The van der Waals surface area contributed by atoms with Crippen LogP contribution in [0.5, 0.6) is 5.75 Å². The Balaban J connectivity index is 1.68. The van der Waals surface area contributed by atoms with Gasteiger partial charge in [0.05, 0.1) is 5.02 Å². The smallest absolute Gasteiger partial charge is 0.474 e. The number of halogens is 3. The van der Waals surface area contributed by atoms with Crippen LogP contribution in [0.15, 0.2) is 34.9 Å². The number of fused-ring (bicyclic) bond motifs is 2. The summed E-state index contributed by atoms with van der Waals surface area (Å²) in [5.41, 5.74) is 1.33. The fraction of sp³-hybridized carbons (Fsp3) is 0.438. The van der Waals surface area contributed by atoms with Gasteiger partial charge in [-0.05, 0) is 31.4 Å². The summed E-state index contributed by atoms with van der Waals surface area (Å²) in [6.07, 6.45) is 1.03. The molecule has 2 aliphatic rings. The van der Waals surface area contributed by atoms with Crippen molar-refractivity contribution in [2.75, 3.05) is 7.05 Å². The van der Waals surface area contributed by atoms with Crippen molar-refractivity contribution >= 4 is 29.3 Å². The number of piperidine rings is 1. The van der Waals surface area contributed by atoms with Crippen LogP contribution in [-0.4, -0.2) is 40.4 Å². The Morgan fingerprint density at radius 2 is 2.25 bits per heavy atom. The van der Waals surface area contributed by atoms with Crippen molar-refractivity contribution in [3.05, 3.63) is 35.0 Å². The van der Waals surface area contributed by atoms with E-state index in [1.165, 1.54) is 17.8 Å². The fourth-order valence-corrected chi connectivity index (χ4v) is 4.57. The van der Waals surface area contributed by atoms with Crippen LogP contribution in [0.2, 0.25) is 5.02 Å². The van der Waals surface area contributed by atoms with E-state index in [1.54, 1.807) is 17.8 Å². The van der Waals surface area contributed by atoms with Gasteiger partial charge in [-0.2, -0.15) is 8.78 Å². The van der Waals surface area contributed by atoms with E-state index in [0.29, 0.717) is 11.3 Å². The summed E-state index contributed by atoms with van der Waals surface area (Å²) in [6.45, 7) is 0. The number of rotatable bonds is 5. The molecule has 24 heavy (non-hydrogen) atoms. The number of carboxylic acid groups (broad SMARTS) is 1. The number of thioether (sulfide) groups is 1. The molecule has 2 aliphatic heterocycles. The van der Waals surface area contributed by atoms with Gasteiger partial charge < -0.3 is 14.7 Å². The van der Waals surface area contributed by atoms with Crippen LogP contribution in [0.3, 0.4) is 0 Å². The summed E-state index contributed by atoms with van der Waals surface area (Å²) >= 11 is 7.77. The van der Waals surface area contributed by atoms with Crippen LogP contribution in [0.1, 0.15) is 19.3 Å². The van der Waals surface area contributed by atoms with Gasteiger partial charge >= 0.3 is 12.1 Å². The molecule has 0 aromatic heterocycles. The molecule has 0 unspecified atom stereocenters. The molecule has 2 heterocycles. The van der Waals surface area contributed by atoms with E-state index < -0.39 is 12.1 Å². The molecule has 2 atom stereocenters. The second-order valence-electron chi connectivity index (χ2n) is 5.89. The Kier molecular flexibility index (Phi) is 4.66. The first-order chi connectivity index (χ1) is 11.3. The largest absolute Gasteiger partial charge is 0.501 e. The maximum Gasteiger partial charge on any atom is 0.501 e. The van der Waals surface area contributed by atoms with Gasteiger partial charge in [-0.1, -0.05) is 17.7 Å². The van der Waals surface area contributed by atoms with E-state index >= 15 is 0 Å². The number of ether oxygens (including phenoxy) is 1. The number of hydrogen-bond acceptors (Lipinski definition) is 4. The highest BCUT2D eigenvalue weighted by atomic mass is 35.5. The summed E-state index contributed by atoms with van der Waals surface area (Å²) < 4.78 is 30.4. The molecular formula is C16H16ClF2NO3S. The zero-order chi connectivity index (χ0) is 17.5. The first kappa shape index (κ1) is 17.4. The number of nitrogens with zero attached hydrogens (tertiary/aromatic N) is 1. The average molecular weight is 376 g/mol. The maximum absolute atomic E-state index is 13.1. The highest BCUT2D eigenvalue weighted by molar-refractivity contribution is 8.00. The number of carbonyl (C=O) groups is 1. The highest BCUT2D eigenvalue weighted by Gasteiger charge is 2.42.